The van der Waals surface area contributed by atoms with Crippen molar-refractivity contribution in [2.75, 3.05) is 19.6 Å². The van der Waals surface area contributed by atoms with E-state index in [-0.39, 0.29) is 5.82 Å². The van der Waals surface area contributed by atoms with Gasteiger partial charge in [0.05, 0.1) is 17.8 Å². The Balaban J connectivity index is 0.000000704. The molecule has 4 heteroatoms. The second-order valence-corrected chi connectivity index (χ2v) is 5.02. The van der Waals surface area contributed by atoms with E-state index in [4.69, 9.17) is 0 Å². The van der Waals surface area contributed by atoms with E-state index in [0.717, 1.165) is 29.7 Å². The third-order valence-electron chi connectivity index (χ3n) is 3.72. The molecule has 0 bridgehead atoms. The first-order valence-corrected chi connectivity index (χ1v) is 7.59. The Morgan fingerprint density at radius 3 is 2.55 bits per heavy atom. The lowest BCUT2D eigenvalue weighted by Crippen LogP contribution is -2.24. The van der Waals surface area contributed by atoms with Crippen molar-refractivity contribution in [3.05, 3.63) is 29.7 Å². The van der Waals surface area contributed by atoms with Gasteiger partial charge in [-0.25, -0.2) is 4.39 Å². The molecule has 0 radical (unpaired) electrons. The fourth-order valence-corrected chi connectivity index (χ4v) is 2.72. The summed E-state index contributed by atoms with van der Waals surface area (Å²) in [5.41, 5.74) is 1.94. The van der Waals surface area contributed by atoms with Crippen LogP contribution in [0.25, 0.3) is 10.9 Å². The molecule has 2 heterocycles. The average molecular weight is 277 g/mol. The quantitative estimate of drug-likeness (QED) is 0.854. The highest BCUT2D eigenvalue weighted by Gasteiger charge is 2.13. The fraction of sp³-hybridized carbons (Fsp3) is 0.562. The third kappa shape index (κ3) is 3.18. The van der Waals surface area contributed by atoms with Crippen molar-refractivity contribution in [3.8, 4) is 0 Å². The van der Waals surface area contributed by atoms with Gasteiger partial charge < -0.3 is 4.90 Å². The molecule has 0 spiro atoms. The molecule has 0 aliphatic carbocycles. The minimum Gasteiger partial charge on any atom is -0.301 e. The summed E-state index contributed by atoms with van der Waals surface area (Å²) in [6.07, 6.45) is 2.62. The van der Waals surface area contributed by atoms with Crippen LogP contribution in [0.2, 0.25) is 0 Å². The minimum atomic E-state index is -0.190. The van der Waals surface area contributed by atoms with Crippen LogP contribution in [0, 0.1) is 12.7 Å². The number of halogens is 1. The molecule has 0 unspecified atom stereocenters. The van der Waals surface area contributed by atoms with Gasteiger partial charge >= 0.3 is 0 Å². The minimum absolute atomic E-state index is 0.190. The second-order valence-electron chi connectivity index (χ2n) is 5.02. The van der Waals surface area contributed by atoms with Crippen LogP contribution >= 0.6 is 0 Å². The van der Waals surface area contributed by atoms with E-state index < -0.39 is 0 Å². The Bertz CT molecular complexity index is 556. The van der Waals surface area contributed by atoms with Gasteiger partial charge in [0.15, 0.2) is 0 Å². The molecule has 2 aromatic rings. The highest BCUT2D eigenvalue weighted by Crippen LogP contribution is 2.19. The van der Waals surface area contributed by atoms with Gasteiger partial charge in [0.2, 0.25) is 0 Å². The van der Waals surface area contributed by atoms with E-state index in [1.165, 1.54) is 32.0 Å². The molecule has 110 valence electrons. The smallest absolute Gasteiger partial charge is 0.124 e. The highest BCUT2D eigenvalue weighted by atomic mass is 19.1. The third-order valence-corrected chi connectivity index (χ3v) is 3.72. The lowest BCUT2D eigenvalue weighted by Gasteiger charge is -2.14. The first-order chi connectivity index (χ1) is 9.74. The van der Waals surface area contributed by atoms with Crippen molar-refractivity contribution < 1.29 is 4.39 Å². The topological polar surface area (TPSA) is 21.1 Å². The van der Waals surface area contributed by atoms with Gasteiger partial charge in [-0.15, -0.1) is 0 Å². The predicted octanol–water partition coefficient (Wildman–Crippen LogP) is 3.61. The van der Waals surface area contributed by atoms with E-state index >= 15 is 0 Å². The summed E-state index contributed by atoms with van der Waals surface area (Å²) < 4.78 is 15.2. The molecule has 1 fully saturated rings. The number of rotatable bonds is 3. The summed E-state index contributed by atoms with van der Waals surface area (Å²) in [5, 5.41) is 5.44. The molecule has 0 N–H and O–H groups in total. The van der Waals surface area contributed by atoms with Crippen LogP contribution in [0.15, 0.2) is 18.2 Å². The van der Waals surface area contributed by atoms with Crippen molar-refractivity contribution in [2.45, 2.75) is 40.2 Å². The van der Waals surface area contributed by atoms with E-state index in [1.54, 1.807) is 6.07 Å². The standard InChI is InChI=1S/C14H18FN3.C2H6/c1-11-13-10-12(15)4-5-14(13)18(16-11)9-8-17-6-2-3-7-17;1-2/h4-5,10H,2-3,6-9H2,1H3;1-2H3. The van der Waals surface area contributed by atoms with Gasteiger partial charge in [-0.3, -0.25) is 4.68 Å². The maximum absolute atomic E-state index is 13.2. The molecule has 1 aromatic carbocycles. The normalized spacial score (nSPS) is 15.4. The van der Waals surface area contributed by atoms with E-state index in [1.807, 2.05) is 31.5 Å². The summed E-state index contributed by atoms with van der Waals surface area (Å²) in [5.74, 6) is -0.190. The van der Waals surface area contributed by atoms with Crippen molar-refractivity contribution in [2.24, 2.45) is 0 Å². The van der Waals surface area contributed by atoms with Crippen LogP contribution < -0.4 is 0 Å². The van der Waals surface area contributed by atoms with Gasteiger partial charge in [-0.05, 0) is 51.1 Å². The number of hydrogen-bond donors (Lipinski definition) is 0. The molecule has 1 aliphatic heterocycles. The average Bonchev–Trinajstić information content (AvgIpc) is 3.08. The zero-order valence-electron chi connectivity index (χ0n) is 12.7. The largest absolute Gasteiger partial charge is 0.301 e. The molecule has 0 atom stereocenters. The first kappa shape index (κ1) is 15.0. The number of nitrogens with zero attached hydrogens (tertiary/aromatic N) is 3. The predicted molar refractivity (Wildman–Crippen MR) is 81.5 cm³/mol. The molecule has 3 nitrogen and oxygen atoms in total. The molecule has 0 amide bonds. The number of aryl methyl sites for hydroxylation is 1. The molecular weight excluding hydrogens is 253 g/mol. The van der Waals surface area contributed by atoms with Crippen LogP contribution in [0.4, 0.5) is 4.39 Å². The summed E-state index contributed by atoms with van der Waals surface area (Å²) in [6, 6.07) is 4.91. The summed E-state index contributed by atoms with van der Waals surface area (Å²) >= 11 is 0. The van der Waals surface area contributed by atoms with E-state index in [2.05, 4.69) is 10.00 Å². The van der Waals surface area contributed by atoms with Crippen LogP contribution in [-0.2, 0) is 6.54 Å². The molecule has 3 rings (SSSR count). The number of hydrogen-bond acceptors (Lipinski definition) is 2. The van der Waals surface area contributed by atoms with Gasteiger partial charge in [-0.1, -0.05) is 13.8 Å². The van der Waals surface area contributed by atoms with Crippen LogP contribution in [-0.4, -0.2) is 34.3 Å². The lowest BCUT2D eigenvalue weighted by atomic mass is 10.2. The molecule has 1 aromatic heterocycles. The van der Waals surface area contributed by atoms with Gasteiger partial charge in [-0.2, -0.15) is 5.10 Å². The Hall–Kier alpha value is -1.42. The highest BCUT2D eigenvalue weighted by molar-refractivity contribution is 5.81. The van der Waals surface area contributed by atoms with Crippen molar-refractivity contribution in [1.29, 1.82) is 0 Å². The van der Waals surface area contributed by atoms with Crippen LogP contribution in [0.3, 0.4) is 0 Å². The van der Waals surface area contributed by atoms with E-state index in [0.29, 0.717) is 0 Å². The maximum atomic E-state index is 13.2. The van der Waals surface area contributed by atoms with E-state index in [9.17, 15) is 4.39 Å². The number of fused-ring (bicyclic) bond motifs is 1. The molecule has 1 aliphatic rings. The molecular formula is C16H24FN3. The molecule has 0 saturated carbocycles. The van der Waals surface area contributed by atoms with Crippen molar-refractivity contribution in [1.82, 2.24) is 14.7 Å². The first-order valence-electron chi connectivity index (χ1n) is 7.59. The monoisotopic (exact) mass is 277 g/mol. The van der Waals surface area contributed by atoms with Crippen LogP contribution in [0.5, 0.6) is 0 Å². The molecule has 1 saturated heterocycles. The summed E-state index contributed by atoms with van der Waals surface area (Å²) in [6.45, 7) is 10.3. The van der Waals surface area contributed by atoms with Crippen molar-refractivity contribution >= 4 is 10.9 Å². The maximum Gasteiger partial charge on any atom is 0.124 e. The zero-order chi connectivity index (χ0) is 14.5. The SMILES string of the molecule is CC.Cc1nn(CCN2CCCC2)c2ccc(F)cc12. The fourth-order valence-electron chi connectivity index (χ4n) is 2.72. The summed E-state index contributed by atoms with van der Waals surface area (Å²) in [7, 11) is 0. The number of aromatic nitrogens is 2. The molecule has 20 heavy (non-hydrogen) atoms. The zero-order valence-corrected chi connectivity index (χ0v) is 12.7. The Morgan fingerprint density at radius 1 is 1.15 bits per heavy atom. The van der Waals surface area contributed by atoms with Gasteiger partial charge in [0, 0.05) is 11.9 Å². The second kappa shape index (κ2) is 6.84. The Kier molecular flexibility index (Phi) is 5.12. The van der Waals surface area contributed by atoms with Crippen molar-refractivity contribution in [3.63, 3.8) is 0 Å². The lowest BCUT2D eigenvalue weighted by molar-refractivity contribution is 0.318. The van der Waals surface area contributed by atoms with Crippen LogP contribution in [0.1, 0.15) is 32.4 Å². The van der Waals surface area contributed by atoms with Gasteiger partial charge in [0.1, 0.15) is 5.82 Å². The number of benzene rings is 1. The Labute approximate surface area is 120 Å². The number of likely N-dealkylation sites (tertiary alicyclic amines) is 1. The summed E-state index contributed by atoms with van der Waals surface area (Å²) in [4.78, 5) is 2.46. The van der Waals surface area contributed by atoms with Gasteiger partial charge in [0.25, 0.3) is 0 Å². The Morgan fingerprint density at radius 2 is 1.85 bits per heavy atom.